The molecule has 4 N–H and O–H groups in total. The van der Waals surface area contributed by atoms with Crippen LogP contribution in [0.5, 0.6) is 11.5 Å². The SMILES string of the molecule is Nc1ccc(C(F)(F)F)cc1NC=O.O=C1CCc2c(Oc3ccc4c(c3)[C@H]3C[C@H]3C4)ccnc2N1. The lowest BCUT2D eigenvalue weighted by molar-refractivity contribution is -0.137. The van der Waals surface area contributed by atoms with E-state index in [1.54, 1.807) is 6.20 Å². The second-order valence-electron chi connectivity index (χ2n) is 9.02. The first-order chi connectivity index (χ1) is 17.2. The zero-order chi connectivity index (χ0) is 25.4. The lowest BCUT2D eigenvalue weighted by Crippen LogP contribution is -2.20. The number of hydrogen-bond acceptors (Lipinski definition) is 5. The largest absolute Gasteiger partial charge is 0.457 e. The molecular formula is C26H23F3N4O3. The predicted octanol–water partition coefficient (Wildman–Crippen LogP) is 5.27. The van der Waals surface area contributed by atoms with E-state index in [-0.39, 0.29) is 23.7 Å². The molecule has 186 valence electrons. The van der Waals surface area contributed by atoms with Crippen LogP contribution < -0.4 is 21.1 Å². The number of alkyl halides is 3. The highest BCUT2D eigenvalue weighted by molar-refractivity contribution is 5.93. The Hall–Kier alpha value is -4.08. The minimum Gasteiger partial charge on any atom is -0.457 e. The lowest BCUT2D eigenvalue weighted by Gasteiger charge is -2.19. The van der Waals surface area contributed by atoms with Crippen molar-refractivity contribution < 1.29 is 27.5 Å². The Morgan fingerprint density at radius 2 is 1.97 bits per heavy atom. The van der Waals surface area contributed by atoms with Gasteiger partial charge in [0.1, 0.15) is 17.3 Å². The molecular weight excluding hydrogens is 473 g/mol. The van der Waals surface area contributed by atoms with Crippen molar-refractivity contribution in [1.82, 2.24) is 4.98 Å². The number of carbonyl (C=O) groups is 2. The molecule has 1 aliphatic heterocycles. The van der Waals surface area contributed by atoms with Crippen LogP contribution in [0.2, 0.25) is 0 Å². The van der Waals surface area contributed by atoms with Gasteiger partial charge in [0.25, 0.3) is 0 Å². The minimum absolute atomic E-state index is 0.0226. The van der Waals surface area contributed by atoms with E-state index in [1.807, 2.05) is 6.07 Å². The molecule has 3 aromatic rings. The lowest BCUT2D eigenvalue weighted by atomic mass is 10.0. The van der Waals surface area contributed by atoms with Crippen LogP contribution in [0.4, 0.5) is 30.4 Å². The summed E-state index contributed by atoms with van der Waals surface area (Å²) in [6.45, 7) is 0. The van der Waals surface area contributed by atoms with Crippen LogP contribution in [0.1, 0.15) is 41.0 Å². The molecule has 2 amide bonds. The Labute approximate surface area is 204 Å². The van der Waals surface area contributed by atoms with Gasteiger partial charge in [0.2, 0.25) is 12.3 Å². The second-order valence-corrected chi connectivity index (χ2v) is 9.02. The normalized spacial score (nSPS) is 19.0. The summed E-state index contributed by atoms with van der Waals surface area (Å²) in [5.74, 6) is 4.00. The van der Waals surface area contributed by atoms with E-state index < -0.39 is 11.7 Å². The Morgan fingerprint density at radius 3 is 2.75 bits per heavy atom. The first-order valence-corrected chi connectivity index (χ1v) is 11.5. The van der Waals surface area contributed by atoms with E-state index in [2.05, 4.69) is 33.8 Å². The van der Waals surface area contributed by atoms with Crippen molar-refractivity contribution >= 4 is 29.5 Å². The number of carbonyl (C=O) groups excluding carboxylic acids is 2. The van der Waals surface area contributed by atoms with E-state index >= 15 is 0 Å². The zero-order valence-corrected chi connectivity index (χ0v) is 19.1. The van der Waals surface area contributed by atoms with Crippen LogP contribution in [-0.4, -0.2) is 17.3 Å². The van der Waals surface area contributed by atoms with Crippen molar-refractivity contribution in [3.8, 4) is 11.5 Å². The maximum Gasteiger partial charge on any atom is 0.416 e. The maximum absolute atomic E-state index is 12.2. The number of nitrogens with one attached hydrogen (secondary N) is 2. The van der Waals surface area contributed by atoms with Crippen molar-refractivity contribution in [3.63, 3.8) is 0 Å². The van der Waals surface area contributed by atoms with Gasteiger partial charge in [0.05, 0.1) is 16.9 Å². The first-order valence-electron chi connectivity index (χ1n) is 11.5. The zero-order valence-electron chi connectivity index (χ0n) is 19.1. The minimum atomic E-state index is -4.44. The van der Waals surface area contributed by atoms with E-state index in [9.17, 15) is 22.8 Å². The van der Waals surface area contributed by atoms with Gasteiger partial charge in [-0.25, -0.2) is 4.98 Å². The molecule has 0 unspecified atom stereocenters. The Morgan fingerprint density at radius 1 is 1.14 bits per heavy atom. The molecule has 0 bridgehead atoms. The average Bonchev–Trinajstić information content (AvgIpc) is 3.52. The van der Waals surface area contributed by atoms with Crippen molar-refractivity contribution in [2.75, 3.05) is 16.4 Å². The van der Waals surface area contributed by atoms with Gasteiger partial charge < -0.3 is 21.1 Å². The number of benzene rings is 2. The summed E-state index contributed by atoms with van der Waals surface area (Å²) in [5.41, 5.74) is 8.47. The highest BCUT2D eigenvalue weighted by atomic mass is 19.4. The number of nitrogen functional groups attached to an aromatic ring is 1. The van der Waals surface area contributed by atoms with Crippen molar-refractivity contribution in [1.29, 1.82) is 0 Å². The quantitative estimate of drug-likeness (QED) is 0.337. The summed E-state index contributed by atoms with van der Waals surface area (Å²) in [7, 11) is 0. The third kappa shape index (κ3) is 4.84. The Balaban J connectivity index is 0.000000166. The Bertz CT molecular complexity index is 1340. The number of anilines is 3. The first kappa shape index (κ1) is 23.7. The molecule has 0 spiro atoms. The van der Waals surface area contributed by atoms with Crippen LogP contribution in [0.15, 0.2) is 48.7 Å². The molecule has 3 aliphatic rings. The van der Waals surface area contributed by atoms with E-state index in [0.717, 1.165) is 47.1 Å². The molecule has 6 rings (SSSR count). The van der Waals surface area contributed by atoms with Gasteiger partial charge in [-0.05, 0) is 78.6 Å². The molecule has 1 fully saturated rings. The number of halogens is 3. The number of amides is 2. The van der Waals surface area contributed by atoms with E-state index in [4.69, 9.17) is 10.5 Å². The van der Waals surface area contributed by atoms with Gasteiger partial charge >= 0.3 is 6.18 Å². The topological polar surface area (TPSA) is 106 Å². The molecule has 1 saturated carbocycles. The molecule has 2 aliphatic carbocycles. The summed E-state index contributed by atoms with van der Waals surface area (Å²) >= 11 is 0. The standard InChI is InChI=1S/C18H16N2O2.C8H7F3N2O/c21-17-4-3-13-16(5-6-19-18(13)20-17)22-12-2-1-10-7-11-8-14(11)15(10)9-12;9-8(10,11)5-1-2-6(12)7(3-5)13-4-14/h1-2,5-6,9,11,14H,3-4,7-8H2,(H,19,20,21);1-4H,12H2,(H,13,14)/t11-,14+;/m1./s1. The number of rotatable bonds is 4. The second kappa shape index (κ2) is 9.18. The molecule has 2 atom stereocenters. The van der Waals surface area contributed by atoms with Crippen molar-refractivity contribution in [2.45, 2.75) is 37.8 Å². The molecule has 36 heavy (non-hydrogen) atoms. The summed E-state index contributed by atoms with van der Waals surface area (Å²) < 4.78 is 42.7. The summed E-state index contributed by atoms with van der Waals surface area (Å²) in [6.07, 6.45) is 1.26. The number of ether oxygens (including phenoxy) is 1. The van der Waals surface area contributed by atoms with Crippen LogP contribution in [0.3, 0.4) is 0 Å². The van der Waals surface area contributed by atoms with Gasteiger partial charge in [-0.1, -0.05) is 6.07 Å². The molecule has 2 heterocycles. The smallest absolute Gasteiger partial charge is 0.416 e. The van der Waals surface area contributed by atoms with Gasteiger partial charge in [-0.3, -0.25) is 9.59 Å². The van der Waals surface area contributed by atoms with Crippen LogP contribution >= 0.6 is 0 Å². The monoisotopic (exact) mass is 496 g/mol. The number of nitrogens with zero attached hydrogens (tertiary/aromatic N) is 1. The molecule has 7 nitrogen and oxygen atoms in total. The van der Waals surface area contributed by atoms with Crippen LogP contribution in [0, 0.1) is 5.92 Å². The number of hydrogen-bond donors (Lipinski definition) is 3. The maximum atomic E-state index is 12.2. The van der Waals surface area contributed by atoms with Gasteiger partial charge in [0, 0.05) is 18.2 Å². The number of aromatic nitrogens is 1. The number of fused-ring (bicyclic) bond motifs is 4. The molecule has 2 aromatic carbocycles. The molecule has 0 saturated heterocycles. The highest BCUT2D eigenvalue weighted by Gasteiger charge is 2.45. The third-order valence-electron chi connectivity index (χ3n) is 6.62. The fourth-order valence-corrected chi connectivity index (χ4v) is 4.70. The molecule has 10 heteroatoms. The van der Waals surface area contributed by atoms with Gasteiger partial charge in [-0.15, -0.1) is 0 Å². The molecule has 1 aromatic heterocycles. The fourth-order valence-electron chi connectivity index (χ4n) is 4.70. The van der Waals surface area contributed by atoms with Gasteiger partial charge in [-0.2, -0.15) is 13.2 Å². The molecule has 0 radical (unpaired) electrons. The van der Waals surface area contributed by atoms with Crippen molar-refractivity contribution in [3.05, 3.63) is 70.9 Å². The summed E-state index contributed by atoms with van der Waals surface area (Å²) in [4.78, 5) is 25.7. The number of nitrogens with two attached hydrogens (primary N) is 1. The predicted molar refractivity (Wildman–Crippen MR) is 128 cm³/mol. The highest BCUT2D eigenvalue weighted by Crippen LogP contribution is 2.56. The summed E-state index contributed by atoms with van der Waals surface area (Å²) in [5, 5.41) is 4.89. The van der Waals surface area contributed by atoms with Crippen molar-refractivity contribution in [2.24, 2.45) is 5.92 Å². The Kier molecular flexibility index (Phi) is 6.03. The number of pyridine rings is 1. The van der Waals surface area contributed by atoms with E-state index in [0.29, 0.717) is 18.7 Å². The average molecular weight is 496 g/mol. The fraction of sp³-hybridized carbons (Fsp3) is 0.269. The third-order valence-corrected chi connectivity index (χ3v) is 6.62. The summed E-state index contributed by atoms with van der Waals surface area (Å²) in [6, 6.07) is 11.1. The van der Waals surface area contributed by atoms with Crippen LogP contribution in [0.25, 0.3) is 0 Å². The van der Waals surface area contributed by atoms with Gasteiger partial charge in [0.15, 0.2) is 0 Å². The van der Waals surface area contributed by atoms with E-state index in [1.165, 1.54) is 24.0 Å². The van der Waals surface area contributed by atoms with Crippen LogP contribution in [-0.2, 0) is 28.6 Å².